The highest BCUT2D eigenvalue weighted by Crippen LogP contribution is 2.31. The minimum absolute atomic E-state index is 0.149. The number of carbonyl (C=O) groups is 1. The first-order valence-electron chi connectivity index (χ1n) is 9.54. The van der Waals surface area contributed by atoms with Crippen LogP contribution in [0.2, 0.25) is 10.0 Å². The van der Waals surface area contributed by atoms with Crippen molar-refractivity contribution in [3.63, 3.8) is 0 Å². The average Bonchev–Trinajstić information content (AvgIpc) is 3.09. The standard InChI is InChI=1S/C22H18Cl2N4O2S/c1-3-30-22(29)20-18(12-31-17-9-7-15(23)8-10-17)28-21(26-25-20)19(13(2)27-28)14-5-4-6-16(24)11-14/h4-11H,3,12H2,1-2H3. The largest absolute Gasteiger partial charge is 0.461 e. The molecule has 2 aromatic carbocycles. The van der Waals surface area contributed by atoms with Crippen LogP contribution in [0.4, 0.5) is 0 Å². The molecule has 0 saturated carbocycles. The Morgan fingerprint density at radius 1 is 1.10 bits per heavy atom. The number of aromatic nitrogens is 4. The molecular formula is C22H18Cl2N4O2S. The second-order valence-electron chi connectivity index (χ2n) is 6.66. The third kappa shape index (κ3) is 4.54. The summed E-state index contributed by atoms with van der Waals surface area (Å²) >= 11 is 13.7. The van der Waals surface area contributed by atoms with Gasteiger partial charge in [-0.15, -0.1) is 22.0 Å². The maximum atomic E-state index is 12.6. The van der Waals surface area contributed by atoms with E-state index in [0.717, 1.165) is 21.7 Å². The van der Waals surface area contributed by atoms with E-state index >= 15 is 0 Å². The Bertz CT molecular complexity index is 1260. The van der Waals surface area contributed by atoms with Crippen LogP contribution in [0.15, 0.2) is 53.4 Å². The Balaban J connectivity index is 1.83. The van der Waals surface area contributed by atoms with Crippen LogP contribution in [0.3, 0.4) is 0 Å². The highest BCUT2D eigenvalue weighted by Gasteiger charge is 2.23. The van der Waals surface area contributed by atoms with E-state index in [9.17, 15) is 4.79 Å². The molecule has 0 spiro atoms. The zero-order chi connectivity index (χ0) is 22.0. The predicted octanol–water partition coefficient (Wildman–Crippen LogP) is 5.88. The van der Waals surface area contributed by atoms with Gasteiger partial charge in [-0.1, -0.05) is 35.3 Å². The minimum atomic E-state index is -0.527. The van der Waals surface area contributed by atoms with Crippen molar-refractivity contribution in [2.24, 2.45) is 0 Å². The third-order valence-electron chi connectivity index (χ3n) is 4.58. The van der Waals surface area contributed by atoms with Crippen LogP contribution in [0, 0.1) is 6.92 Å². The van der Waals surface area contributed by atoms with Crippen LogP contribution in [0.5, 0.6) is 0 Å². The molecule has 2 heterocycles. The maximum Gasteiger partial charge on any atom is 0.360 e. The predicted molar refractivity (Wildman–Crippen MR) is 123 cm³/mol. The number of esters is 1. The molecule has 6 nitrogen and oxygen atoms in total. The Morgan fingerprint density at radius 2 is 1.87 bits per heavy atom. The number of hydrogen-bond acceptors (Lipinski definition) is 6. The van der Waals surface area contributed by atoms with Gasteiger partial charge in [0.2, 0.25) is 0 Å². The van der Waals surface area contributed by atoms with Crippen LogP contribution in [-0.2, 0) is 10.5 Å². The molecule has 0 radical (unpaired) electrons. The fourth-order valence-electron chi connectivity index (χ4n) is 3.20. The van der Waals surface area contributed by atoms with Gasteiger partial charge in [-0.05, 0) is 55.8 Å². The fraction of sp³-hybridized carbons (Fsp3) is 0.182. The number of carbonyl (C=O) groups excluding carboxylic acids is 1. The molecule has 0 N–H and O–H groups in total. The van der Waals surface area contributed by atoms with Crippen molar-refractivity contribution in [3.8, 4) is 11.1 Å². The summed E-state index contributed by atoms with van der Waals surface area (Å²) in [5.41, 5.74) is 3.78. The van der Waals surface area contributed by atoms with E-state index < -0.39 is 5.97 Å². The number of halogens is 2. The lowest BCUT2D eigenvalue weighted by molar-refractivity contribution is 0.0516. The molecule has 0 aliphatic carbocycles. The van der Waals surface area contributed by atoms with Gasteiger partial charge >= 0.3 is 5.97 Å². The SMILES string of the molecule is CCOC(=O)c1nnc2c(-c3cccc(Cl)c3)c(C)nn2c1CSc1ccc(Cl)cc1. The van der Waals surface area contributed by atoms with Crippen LogP contribution < -0.4 is 0 Å². The first-order chi connectivity index (χ1) is 15.0. The fourth-order valence-corrected chi connectivity index (χ4v) is 4.41. The van der Waals surface area contributed by atoms with E-state index in [4.69, 9.17) is 27.9 Å². The van der Waals surface area contributed by atoms with Crippen molar-refractivity contribution in [2.45, 2.75) is 24.5 Å². The normalized spacial score (nSPS) is 11.1. The third-order valence-corrected chi connectivity index (χ3v) is 6.09. The second kappa shape index (κ2) is 9.26. The molecule has 0 fully saturated rings. The number of ether oxygens (including phenoxy) is 1. The summed E-state index contributed by atoms with van der Waals surface area (Å²) in [6.07, 6.45) is 0. The Morgan fingerprint density at radius 3 is 2.58 bits per heavy atom. The van der Waals surface area contributed by atoms with Gasteiger partial charge in [0.05, 0.1) is 23.6 Å². The number of thioether (sulfide) groups is 1. The minimum Gasteiger partial charge on any atom is -0.461 e. The zero-order valence-corrected chi connectivity index (χ0v) is 19.1. The van der Waals surface area contributed by atoms with Gasteiger partial charge in [0.25, 0.3) is 0 Å². The van der Waals surface area contributed by atoms with E-state index in [1.54, 1.807) is 23.2 Å². The maximum absolute atomic E-state index is 12.6. The summed E-state index contributed by atoms with van der Waals surface area (Å²) in [7, 11) is 0. The Labute approximate surface area is 193 Å². The summed E-state index contributed by atoms with van der Waals surface area (Å²) in [6.45, 7) is 3.89. The van der Waals surface area contributed by atoms with Gasteiger partial charge in [0.15, 0.2) is 11.3 Å². The molecule has 0 saturated heterocycles. The molecule has 2 aromatic heterocycles. The molecule has 0 amide bonds. The van der Waals surface area contributed by atoms with Crippen molar-refractivity contribution in [1.82, 2.24) is 19.8 Å². The zero-order valence-electron chi connectivity index (χ0n) is 16.8. The van der Waals surface area contributed by atoms with E-state index in [2.05, 4.69) is 15.3 Å². The average molecular weight is 473 g/mol. The van der Waals surface area contributed by atoms with Crippen molar-refractivity contribution in [2.75, 3.05) is 6.61 Å². The summed E-state index contributed by atoms with van der Waals surface area (Å²) in [5, 5.41) is 14.5. The van der Waals surface area contributed by atoms with Crippen LogP contribution >= 0.6 is 35.0 Å². The number of hydrogen-bond donors (Lipinski definition) is 0. The number of aryl methyl sites for hydroxylation is 1. The summed E-state index contributed by atoms with van der Waals surface area (Å²) < 4.78 is 6.87. The monoisotopic (exact) mass is 472 g/mol. The van der Waals surface area contributed by atoms with E-state index in [1.165, 1.54) is 0 Å². The highest BCUT2D eigenvalue weighted by molar-refractivity contribution is 7.98. The van der Waals surface area contributed by atoms with Gasteiger partial charge in [0.1, 0.15) is 0 Å². The van der Waals surface area contributed by atoms with Crippen molar-refractivity contribution in [3.05, 3.63) is 75.7 Å². The van der Waals surface area contributed by atoms with Gasteiger partial charge in [-0.2, -0.15) is 5.10 Å². The summed E-state index contributed by atoms with van der Waals surface area (Å²) in [5.74, 6) is -0.0844. The molecule has 4 aromatic rings. The van der Waals surface area contributed by atoms with E-state index in [1.807, 2.05) is 55.5 Å². The van der Waals surface area contributed by atoms with Crippen LogP contribution in [-0.4, -0.2) is 32.4 Å². The molecular weight excluding hydrogens is 455 g/mol. The number of rotatable bonds is 6. The van der Waals surface area contributed by atoms with Crippen LogP contribution in [0.25, 0.3) is 16.8 Å². The first kappa shape index (κ1) is 21.6. The molecule has 0 bridgehead atoms. The van der Waals surface area contributed by atoms with Gasteiger partial charge in [-0.3, -0.25) is 0 Å². The highest BCUT2D eigenvalue weighted by atomic mass is 35.5. The molecule has 9 heteroatoms. The lowest BCUT2D eigenvalue weighted by Gasteiger charge is -2.10. The Hall–Kier alpha value is -2.61. The molecule has 158 valence electrons. The van der Waals surface area contributed by atoms with Crippen LogP contribution in [0.1, 0.15) is 28.8 Å². The van der Waals surface area contributed by atoms with Gasteiger partial charge in [0, 0.05) is 20.7 Å². The first-order valence-corrected chi connectivity index (χ1v) is 11.3. The lowest BCUT2D eigenvalue weighted by Crippen LogP contribution is -2.16. The topological polar surface area (TPSA) is 69.4 Å². The van der Waals surface area contributed by atoms with Gasteiger partial charge in [-0.25, -0.2) is 9.31 Å². The van der Waals surface area contributed by atoms with E-state index in [0.29, 0.717) is 27.1 Å². The molecule has 4 rings (SSSR count). The summed E-state index contributed by atoms with van der Waals surface area (Å²) in [6, 6.07) is 15.0. The van der Waals surface area contributed by atoms with Gasteiger partial charge < -0.3 is 4.74 Å². The second-order valence-corrected chi connectivity index (χ2v) is 8.59. The number of benzene rings is 2. The number of fused-ring (bicyclic) bond motifs is 1. The molecule has 31 heavy (non-hydrogen) atoms. The van der Waals surface area contributed by atoms with E-state index in [-0.39, 0.29) is 12.3 Å². The van der Waals surface area contributed by atoms with Crippen molar-refractivity contribution in [1.29, 1.82) is 0 Å². The molecule has 0 aliphatic rings. The molecule has 0 atom stereocenters. The number of nitrogens with zero attached hydrogens (tertiary/aromatic N) is 4. The smallest absolute Gasteiger partial charge is 0.360 e. The molecule has 0 aliphatic heterocycles. The molecule has 0 unspecified atom stereocenters. The lowest BCUT2D eigenvalue weighted by atomic mass is 10.1. The van der Waals surface area contributed by atoms with Crippen molar-refractivity contribution >= 4 is 46.6 Å². The quantitative estimate of drug-likeness (QED) is 0.258. The van der Waals surface area contributed by atoms with Crippen molar-refractivity contribution < 1.29 is 9.53 Å². The Kier molecular flexibility index (Phi) is 6.46. The summed E-state index contributed by atoms with van der Waals surface area (Å²) in [4.78, 5) is 13.6.